The molecule has 6 nitrogen and oxygen atoms in total. The molecule has 0 spiro atoms. The Hall–Kier alpha value is -3.45. The summed E-state index contributed by atoms with van der Waals surface area (Å²) in [7, 11) is 3.14. The van der Waals surface area contributed by atoms with E-state index in [2.05, 4.69) is 4.98 Å². The van der Waals surface area contributed by atoms with Gasteiger partial charge in [0.1, 0.15) is 4.83 Å². The van der Waals surface area contributed by atoms with Gasteiger partial charge in [-0.2, -0.15) is 0 Å². The summed E-state index contributed by atoms with van der Waals surface area (Å²) in [4.78, 5) is 30.7. The Morgan fingerprint density at radius 1 is 1.07 bits per heavy atom. The second-order valence-electron chi connectivity index (χ2n) is 6.37. The molecular weight excluding hydrogens is 388 g/mol. The van der Waals surface area contributed by atoms with Gasteiger partial charge in [0.05, 0.1) is 32.5 Å². The fourth-order valence-electron chi connectivity index (χ4n) is 3.17. The fourth-order valence-corrected chi connectivity index (χ4v) is 4.07. The van der Waals surface area contributed by atoms with E-state index in [9.17, 15) is 9.59 Å². The van der Waals surface area contributed by atoms with Crippen molar-refractivity contribution in [2.24, 2.45) is 0 Å². The monoisotopic (exact) mass is 406 g/mol. The lowest BCUT2D eigenvalue weighted by Crippen LogP contribution is -2.24. The number of thiophene rings is 1. The van der Waals surface area contributed by atoms with Gasteiger partial charge in [-0.05, 0) is 17.7 Å². The van der Waals surface area contributed by atoms with Crippen molar-refractivity contribution in [3.8, 4) is 22.6 Å². The van der Waals surface area contributed by atoms with E-state index >= 15 is 0 Å². The fraction of sp³-hybridized carbons (Fsp3) is 0.136. The summed E-state index contributed by atoms with van der Waals surface area (Å²) in [6.45, 7) is -0.0625. The van der Waals surface area contributed by atoms with Crippen molar-refractivity contribution in [3.63, 3.8) is 0 Å². The molecule has 0 aliphatic heterocycles. The van der Waals surface area contributed by atoms with E-state index in [4.69, 9.17) is 9.47 Å². The number of aromatic nitrogens is 2. The average Bonchev–Trinajstić information content (AvgIpc) is 3.20. The van der Waals surface area contributed by atoms with Gasteiger partial charge < -0.3 is 9.47 Å². The van der Waals surface area contributed by atoms with E-state index < -0.39 is 0 Å². The number of methoxy groups -OCH3 is 2. The molecule has 2 aromatic heterocycles. The van der Waals surface area contributed by atoms with Crippen LogP contribution in [0, 0.1) is 0 Å². The number of hydrogen-bond acceptors (Lipinski definition) is 6. The Bertz CT molecular complexity index is 1240. The molecule has 2 heterocycles. The number of fused-ring (bicyclic) bond motifs is 1. The molecule has 4 aromatic rings. The average molecular weight is 406 g/mol. The van der Waals surface area contributed by atoms with Gasteiger partial charge >= 0.3 is 0 Å². The first-order valence-electron chi connectivity index (χ1n) is 8.89. The summed E-state index contributed by atoms with van der Waals surface area (Å²) in [5, 5.41) is 2.38. The molecule has 0 saturated carbocycles. The van der Waals surface area contributed by atoms with Crippen molar-refractivity contribution in [2.75, 3.05) is 14.2 Å². The highest BCUT2D eigenvalue weighted by Crippen LogP contribution is 2.36. The van der Waals surface area contributed by atoms with E-state index in [1.54, 1.807) is 44.6 Å². The summed E-state index contributed by atoms with van der Waals surface area (Å²) < 4.78 is 12.0. The third-order valence-electron chi connectivity index (χ3n) is 4.66. The van der Waals surface area contributed by atoms with Gasteiger partial charge in [-0.15, -0.1) is 11.3 Å². The Kier molecular flexibility index (Phi) is 5.14. The SMILES string of the molecule is COc1ccc(-c2csc3ncn(CC(=O)c4ccccc4)c(=O)c23)cc1OC. The summed E-state index contributed by atoms with van der Waals surface area (Å²) in [5.41, 5.74) is 1.89. The predicted octanol–water partition coefficient (Wildman–Crippen LogP) is 4.03. The molecule has 0 amide bonds. The maximum Gasteiger partial charge on any atom is 0.263 e. The third-order valence-corrected chi connectivity index (χ3v) is 5.55. The molecule has 2 aromatic carbocycles. The van der Waals surface area contributed by atoms with Crippen LogP contribution in [0.3, 0.4) is 0 Å². The van der Waals surface area contributed by atoms with Crippen LogP contribution in [0.25, 0.3) is 21.3 Å². The molecule has 0 radical (unpaired) electrons. The van der Waals surface area contributed by atoms with E-state index in [1.807, 2.05) is 23.6 Å². The highest BCUT2D eigenvalue weighted by atomic mass is 32.1. The lowest BCUT2D eigenvalue weighted by molar-refractivity contribution is 0.0970. The van der Waals surface area contributed by atoms with Gasteiger partial charge in [0.15, 0.2) is 17.3 Å². The van der Waals surface area contributed by atoms with Crippen molar-refractivity contribution in [1.82, 2.24) is 9.55 Å². The van der Waals surface area contributed by atoms with Gasteiger partial charge in [0, 0.05) is 16.5 Å². The van der Waals surface area contributed by atoms with E-state index in [0.717, 1.165) is 11.1 Å². The predicted molar refractivity (Wildman–Crippen MR) is 113 cm³/mol. The van der Waals surface area contributed by atoms with Gasteiger partial charge in [0.25, 0.3) is 5.56 Å². The maximum absolute atomic E-state index is 13.1. The van der Waals surface area contributed by atoms with Crippen molar-refractivity contribution in [1.29, 1.82) is 0 Å². The zero-order valence-corrected chi connectivity index (χ0v) is 16.7. The summed E-state index contributed by atoms with van der Waals surface area (Å²) in [6.07, 6.45) is 1.43. The molecule has 4 rings (SSSR count). The molecule has 0 fully saturated rings. The van der Waals surface area contributed by atoms with Gasteiger partial charge in [0.2, 0.25) is 0 Å². The number of hydrogen-bond donors (Lipinski definition) is 0. The highest BCUT2D eigenvalue weighted by Gasteiger charge is 2.16. The van der Waals surface area contributed by atoms with Crippen LogP contribution in [0.5, 0.6) is 11.5 Å². The topological polar surface area (TPSA) is 70.4 Å². The van der Waals surface area contributed by atoms with Crippen LogP contribution in [0.2, 0.25) is 0 Å². The minimum absolute atomic E-state index is 0.0625. The Morgan fingerprint density at radius 2 is 1.83 bits per heavy atom. The summed E-state index contributed by atoms with van der Waals surface area (Å²) >= 11 is 1.39. The molecule has 7 heteroatoms. The molecule has 0 atom stereocenters. The molecule has 29 heavy (non-hydrogen) atoms. The quantitative estimate of drug-likeness (QED) is 0.452. The minimum Gasteiger partial charge on any atom is -0.493 e. The second kappa shape index (κ2) is 7.89. The smallest absolute Gasteiger partial charge is 0.263 e. The third kappa shape index (κ3) is 3.52. The molecule has 0 unspecified atom stereocenters. The zero-order chi connectivity index (χ0) is 20.4. The Balaban J connectivity index is 1.77. The number of nitrogens with zero attached hydrogens (tertiary/aromatic N) is 2. The summed E-state index contributed by atoms with van der Waals surface area (Å²) in [6, 6.07) is 14.4. The van der Waals surface area contributed by atoms with Crippen molar-refractivity contribution < 1.29 is 14.3 Å². The van der Waals surface area contributed by atoms with Gasteiger partial charge in [-0.25, -0.2) is 4.98 Å². The number of carbonyl (C=O) groups is 1. The van der Waals surface area contributed by atoms with Crippen molar-refractivity contribution in [2.45, 2.75) is 6.54 Å². The largest absolute Gasteiger partial charge is 0.493 e. The number of benzene rings is 2. The first-order valence-corrected chi connectivity index (χ1v) is 9.77. The van der Waals surface area contributed by atoms with Crippen molar-refractivity contribution >= 4 is 27.3 Å². The van der Waals surface area contributed by atoms with Crippen LogP contribution in [0.1, 0.15) is 10.4 Å². The van der Waals surface area contributed by atoms with Gasteiger partial charge in [-0.1, -0.05) is 36.4 Å². The highest BCUT2D eigenvalue weighted by molar-refractivity contribution is 7.17. The number of ketones is 1. The molecule has 0 bridgehead atoms. The lowest BCUT2D eigenvalue weighted by atomic mass is 10.1. The van der Waals surface area contributed by atoms with Crippen molar-refractivity contribution in [3.05, 3.63) is 76.2 Å². The first-order chi connectivity index (χ1) is 14.1. The van der Waals surface area contributed by atoms with Crippen LogP contribution < -0.4 is 15.0 Å². The molecule has 146 valence electrons. The number of carbonyl (C=O) groups excluding carboxylic acids is 1. The number of Topliss-reactive ketones (excluding diaryl/α,β-unsaturated/α-hetero) is 1. The molecule has 0 aliphatic rings. The Morgan fingerprint density at radius 3 is 2.55 bits per heavy atom. The van der Waals surface area contributed by atoms with E-state index in [-0.39, 0.29) is 17.9 Å². The number of rotatable bonds is 6. The van der Waals surface area contributed by atoms with Crippen LogP contribution in [0.15, 0.2) is 65.0 Å². The second-order valence-corrected chi connectivity index (χ2v) is 7.22. The maximum atomic E-state index is 13.1. The van der Waals surface area contributed by atoms with Crippen LogP contribution in [-0.4, -0.2) is 29.6 Å². The number of ether oxygens (including phenoxy) is 2. The normalized spacial score (nSPS) is 10.8. The van der Waals surface area contributed by atoms with Crippen LogP contribution >= 0.6 is 11.3 Å². The van der Waals surface area contributed by atoms with E-state index in [0.29, 0.717) is 27.3 Å². The first kappa shape index (κ1) is 18.9. The molecule has 0 N–H and O–H groups in total. The molecule has 0 saturated heterocycles. The molecular formula is C22H18N2O4S. The standard InChI is InChI=1S/C22H18N2O4S/c1-27-18-9-8-15(10-19(18)28-2)16-12-29-21-20(16)22(26)24(13-23-21)11-17(25)14-6-4-3-5-7-14/h3-10,12-13H,11H2,1-2H3. The summed E-state index contributed by atoms with van der Waals surface area (Å²) in [5.74, 6) is 1.05. The van der Waals surface area contributed by atoms with Gasteiger partial charge in [-0.3, -0.25) is 14.2 Å². The molecule has 0 aliphatic carbocycles. The van der Waals surface area contributed by atoms with Crippen LogP contribution in [0.4, 0.5) is 0 Å². The zero-order valence-electron chi connectivity index (χ0n) is 15.9. The van der Waals surface area contributed by atoms with Crippen LogP contribution in [-0.2, 0) is 6.54 Å². The lowest BCUT2D eigenvalue weighted by Gasteiger charge is -2.09. The van der Waals surface area contributed by atoms with E-state index in [1.165, 1.54) is 22.2 Å². The minimum atomic E-state index is -0.245. The Labute approximate surface area is 171 Å².